The lowest BCUT2D eigenvalue weighted by atomic mass is 9.93. The second kappa shape index (κ2) is 6.20. The van der Waals surface area contributed by atoms with Gasteiger partial charge in [-0.2, -0.15) is 0 Å². The summed E-state index contributed by atoms with van der Waals surface area (Å²) in [5.41, 5.74) is 1.58. The number of carbonyl (C=O) groups is 1. The molecule has 1 atom stereocenters. The van der Waals surface area contributed by atoms with Gasteiger partial charge in [0.2, 0.25) is 5.91 Å². The summed E-state index contributed by atoms with van der Waals surface area (Å²) in [6.45, 7) is 7.91. The van der Waals surface area contributed by atoms with E-state index in [4.69, 9.17) is 0 Å². The van der Waals surface area contributed by atoms with Gasteiger partial charge in [-0.3, -0.25) is 4.79 Å². The summed E-state index contributed by atoms with van der Waals surface area (Å²) >= 11 is 0. The zero-order valence-corrected chi connectivity index (χ0v) is 12.6. The topological polar surface area (TPSA) is 40.5 Å². The van der Waals surface area contributed by atoms with Crippen LogP contribution in [-0.4, -0.2) is 35.1 Å². The third-order valence-corrected chi connectivity index (χ3v) is 3.25. The van der Waals surface area contributed by atoms with E-state index in [2.05, 4.69) is 26.0 Å². The summed E-state index contributed by atoms with van der Waals surface area (Å²) in [5, 5.41) is 9.74. The van der Waals surface area contributed by atoms with Crippen molar-refractivity contribution in [3.8, 4) is 0 Å². The average Bonchev–Trinajstić information content (AvgIpc) is 2.27. The lowest BCUT2D eigenvalue weighted by molar-refractivity contribution is -0.132. The molecule has 3 heteroatoms. The van der Waals surface area contributed by atoms with E-state index >= 15 is 0 Å². The maximum atomic E-state index is 12.1. The first-order valence-electron chi connectivity index (χ1n) is 6.72. The molecule has 0 spiro atoms. The van der Waals surface area contributed by atoms with E-state index < -0.39 is 5.60 Å². The van der Waals surface area contributed by atoms with Gasteiger partial charge in [-0.15, -0.1) is 0 Å². The Labute approximate surface area is 116 Å². The fourth-order valence-electron chi connectivity index (χ4n) is 2.34. The number of hydrogen-bond donors (Lipinski definition) is 1. The summed E-state index contributed by atoms with van der Waals surface area (Å²) in [7, 11) is 1.74. The quantitative estimate of drug-likeness (QED) is 0.887. The van der Waals surface area contributed by atoms with Gasteiger partial charge in [-0.05, 0) is 37.8 Å². The van der Waals surface area contributed by atoms with Crippen LogP contribution in [0.5, 0.6) is 0 Å². The minimum atomic E-state index is -0.851. The van der Waals surface area contributed by atoms with Gasteiger partial charge in [0.25, 0.3) is 0 Å². The molecule has 0 heterocycles. The minimum absolute atomic E-state index is 0.0675. The van der Waals surface area contributed by atoms with E-state index in [0.717, 1.165) is 0 Å². The van der Waals surface area contributed by atoms with Crippen LogP contribution in [-0.2, 0) is 4.79 Å². The number of likely N-dealkylation sites (N-methyl/N-ethyl adjacent to an activating group) is 1. The normalized spacial score (nSPS) is 13.2. The van der Waals surface area contributed by atoms with E-state index in [9.17, 15) is 9.90 Å². The zero-order valence-electron chi connectivity index (χ0n) is 12.6. The number of aryl methyl sites for hydroxylation is 1. The Hall–Kier alpha value is -1.35. The third-order valence-electron chi connectivity index (χ3n) is 3.25. The lowest BCUT2D eigenvalue weighted by Gasteiger charge is -2.26. The van der Waals surface area contributed by atoms with Crippen LogP contribution in [0.15, 0.2) is 24.3 Å². The molecule has 1 amide bonds. The number of carbonyl (C=O) groups excluding carboxylic acids is 1. The smallest absolute Gasteiger partial charge is 0.223 e. The Morgan fingerprint density at radius 1 is 1.37 bits per heavy atom. The number of hydrogen-bond acceptors (Lipinski definition) is 2. The maximum Gasteiger partial charge on any atom is 0.223 e. The van der Waals surface area contributed by atoms with Gasteiger partial charge < -0.3 is 10.0 Å². The summed E-state index contributed by atoms with van der Waals surface area (Å²) in [6, 6.07) is 8.15. The highest BCUT2D eigenvalue weighted by Crippen LogP contribution is 2.23. The van der Waals surface area contributed by atoms with Gasteiger partial charge in [0.1, 0.15) is 0 Å². The molecule has 0 bridgehead atoms. The van der Waals surface area contributed by atoms with Gasteiger partial charge >= 0.3 is 0 Å². The van der Waals surface area contributed by atoms with Gasteiger partial charge in [0, 0.05) is 20.0 Å². The van der Waals surface area contributed by atoms with Gasteiger partial charge in [0.15, 0.2) is 0 Å². The molecule has 3 nitrogen and oxygen atoms in total. The van der Waals surface area contributed by atoms with Crippen molar-refractivity contribution >= 4 is 5.91 Å². The van der Waals surface area contributed by atoms with Crippen LogP contribution >= 0.6 is 0 Å². The molecule has 1 unspecified atom stereocenters. The molecule has 0 aliphatic rings. The minimum Gasteiger partial charge on any atom is -0.389 e. The molecular weight excluding hydrogens is 238 g/mol. The summed E-state index contributed by atoms with van der Waals surface area (Å²) in [5.74, 6) is 0.260. The van der Waals surface area contributed by atoms with Crippen LogP contribution in [0.25, 0.3) is 0 Å². The molecule has 1 aromatic carbocycles. The van der Waals surface area contributed by atoms with E-state index in [-0.39, 0.29) is 11.8 Å². The number of amides is 1. The Kier molecular flexibility index (Phi) is 5.12. The molecule has 0 aromatic heterocycles. The fraction of sp³-hybridized carbons (Fsp3) is 0.562. The predicted octanol–water partition coefficient (Wildman–Crippen LogP) is 2.72. The predicted molar refractivity (Wildman–Crippen MR) is 78.1 cm³/mol. The molecule has 0 radical (unpaired) electrons. The molecule has 0 fully saturated rings. The molecule has 0 aliphatic heterocycles. The van der Waals surface area contributed by atoms with Crippen LogP contribution in [0.2, 0.25) is 0 Å². The molecule has 0 saturated carbocycles. The van der Waals surface area contributed by atoms with Crippen LogP contribution in [0, 0.1) is 6.92 Å². The maximum absolute atomic E-state index is 12.1. The fourth-order valence-corrected chi connectivity index (χ4v) is 2.34. The number of nitrogens with zero attached hydrogens (tertiary/aromatic N) is 1. The van der Waals surface area contributed by atoms with E-state index in [0.29, 0.717) is 13.0 Å². The van der Waals surface area contributed by atoms with Gasteiger partial charge in [-0.25, -0.2) is 0 Å². The highest BCUT2D eigenvalue weighted by Gasteiger charge is 2.21. The molecule has 19 heavy (non-hydrogen) atoms. The van der Waals surface area contributed by atoms with Crippen LogP contribution < -0.4 is 0 Å². The number of aliphatic hydroxyl groups is 1. The average molecular weight is 263 g/mol. The molecule has 1 rings (SSSR count). The lowest BCUT2D eigenvalue weighted by Crippen LogP contribution is -2.40. The Morgan fingerprint density at radius 2 is 1.95 bits per heavy atom. The van der Waals surface area contributed by atoms with Crippen molar-refractivity contribution in [3.63, 3.8) is 0 Å². The molecule has 1 aromatic rings. The highest BCUT2D eigenvalue weighted by molar-refractivity contribution is 5.77. The van der Waals surface area contributed by atoms with Crippen molar-refractivity contribution in [2.24, 2.45) is 0 Å². The molecule has 0 aliphatic carbocycles. The van der Waals surface area contributed by atoms with Crippen molar-refractivity contribution in [1.29, 1.82) is 0 Å². The summed E-state index contributed by atoms with van der Waals surface area (Å²) in [4.78, 5) is 13.7. The Balaban J connectivity index is 2.65. The first-order chi connectivity index (χ1) is 8.70. The zero-order chi connectivity index (χ0) is 14.6. The van der Waals surface area contributed by atoms with Crippen molar-refractivity contribution in [3.05, 3.63) is 35.4 Å². The second-order valence-corrected chi connectivity index (χ2v) is 6.02. The first-order valence-corrected chi connectivity index (χ1v) is 6.72. The number of rotatable bonds is 5. The highest BCUT2D eigenvalue weighted by atomic mass is 16.3. The number of benzene rings is 1. The van der Waals surface area contributed by atoms with Gasteiger partial charge in [0.05, 0.1) is 5.60 Å². The third kappa shape index (κ3) is 5.03. The van der Waals surface area contributed by atoms with Crippen LogP contribution in [0.3, 0.4) is 0 Å². The largest absolute Gasteiger partial charge is 0.389 e. The van der Waals surface area contributed by atoms with Crippen molar-refractivity contribution in [2.75, 3.05) is 13.6 Å². The summed E-state index contributed by atoms with van der Waals surface area (Å²) < 4.78 is 0. The van der Waals surface area contributed by atoms with Crippen molar-refractivity contribution in [2.45, 2.75) is 45.6 Å². The second-order valence-electron chi connectivity index (χ2n) is 6.02. The monoisotopic (exact) mass is 263 g/mol. The molecular formula is C16H25NO2. The van der Waals surface area contributed by atoms with Gasteiger partial charge in [-0.1, -0.05) is 31.2 Å². The summed E-state index contributed by atoms with van der Waals surface area (Å²) in [6.07, 6.45) is 0.470. The standard InChI is InChI=1S/C16H25NO2/c1-12-8-6-7-9-14(12)13(2)10-15(18)17(5)11-16(3,4)19/h6-9,13,19H,10-11H2,1-5H3. The Bertz CT molecular complexity index is 435. The van der Waals surface area contributed by atoms with E-state index in [1.807, 2.05) is 12.1 Å². The van der Waals surface area contributed by atoms with Crippen molar-refractivity contribution in [1.82, 2.24) is 4.90 Å². The SMILES string of the molecule is Cc1ccccc1C(C)CC(=O)N(C)CC(C)(C)O. The Morgan fingerprint density at radius 3 is 2.47 bits per heavy atom. The van der Waals surface area contributed by atoms with E-state index in [1.54, 1.807) is 25.8 Å². The molecule has 106 valence electrons. The first kappa shape index (κ1) is 15.7. The molecule has 1 N–H and O–H groups in total. The van der Waals surface area contributed by atoms with E-state index in [1.165, 1.54) is 11.1 Å². The van der Waals surface area contributed by atoms with Crippen LogP contribution in [0.4, 0.5) is 0 Å². The molecule has 0 saturated heterocycles. The van der Waals surface area contributed by atoms with Crippen LogP contribution in [0.1, 0.15) is 44.2 Å². The van der Waals surface area contributed by atoms with Crippen molar-refractivity contribution < 1.29 is 9.90 Å².